The molecular formula is C20H21ClN4O. The molecular weight excluding hydrogens is 348 g/mol. The average Bonchev–Trinajstić information content (AvgIpc) is 3.08. The molecule has 1 fully saturated rings. The zero-order valence-electron chi connectivity index (χ0n) is 14.4. The number of rotatable bonds is 4. The number of H-pyrrole nitrogens is 1. The number of piperidine rings is 1. The van der Waals surface area contributed by atoms with Crippen molar-refractivity contribution >= 4 is 11.6 Å². The van der Waals surface area contributed by atoms with E-state index < -0.39 is 0 Å². The average molecular weight is 369 g/mol. The molecule has 0 spiro atoms. The SMILES string of the molecule is OC1CCN(Cc2n[nH]c(-c3ccc(Cl)cc3)c2-c2ccncc2)CC1. The molecule has 1 saturated heterocycles. The summed E-state index contributed by atoms with van der Waals surface area (Å²) in [5, 5.41) is 18.3. The highest BCUT2D eigenvalue weighted by Crippen LogP contribution is 2.34. The third kappa shape index (κ3) is 3.65. The van der Waals surface area contributed by atoms with Gasteiger partial charge in [-0.05, 0) is 42.7 Å². The third-order valence-corrected chi connectivity index (χ3v) is 5.13. The quantitative estimate of drug-likeness (QED) is 0.736. The van der Waals surface area contributed by atoms with Gasteiger partial charge < -0.3 is 5.11 Å². The van der Waals surface area contributed by atoms with Gasteiger partial charge in [-0.15, -0.1) is 0 Å². The predicted octanol–water partition coefficient (Wildman–Crippen LogP) is 3.75. The summed E-state index contributed by atoms with van der Waals surface area (Å²) in [7, 11) is 0. The molecule has 0 atom stereocenters. The lowest BCUT2D eigenvalue weighted by Gasteiger charge is -2.29. The third-order valence-electron chi connectivity index (χ3n) is 4.87. The number of aliphatic hydroxyl groups excluding tert-OH is 1. The van der Waals surface area contributed by atoms with Gasteiger partial charge in [0.25, 0.3) is 0 Å². The smallest absolute Gasteiger partial charge is 0.0847 e. The first kappa shape index (κ1) is 17.2. The molecule has 0 bridgehead atoms. The van der Waals surface area contributed by atoms with Crippen LogP contribution in [0, 0.1) is 0 Å². The van der Waals surface area contributed by atoms with Crippen LogP contribution in [0.2, 0.25) is 5.02 Å². The van der Waals surface area contributed by atoms with Crippen LogP contribution in [0.25, 0.3) is 22.4 Å². The second kappa shape index (κ2) is 7.58. The number of hydrogen-bond donors (Lipinski definition) is 2. The molecule has 26 heavy (non-hydrogen) atoms. The molecule has 5 nitrogen and oxygen atoms in total. The standard InChI is InChI=1S/C20H21ClN4O/c21-16-3-1-15(2-4-16)20-19(14-5-9-22-10-6-14)18(23-24-20)13-25-11-7-17(26)8-12-25/h1-6,9-10,17,26H,7-8,11-13H2,(H,23,24). The fraction of sp³-hybridized carbons (Fsp3) is 0.300. The van der Waals surface area contributed by atoms with Crippen LogP contribution in [-0.4, -0.2) is 44.4 Å². The van der Waals surface area contributed by atoms with Crippen LogP contribution < -0.4 is 0 Å². The molecule has 6 heteroatoms. The van der Waals surface area contributed by atoms with Gasteiger partial charge in [0, 0.05) is 48.2 Å². The Morgan fingerprint density at radius 1 is 1.04 bits per heavy atom. The van der Waals surface area contributed by atoms with Gasteiger partial charge in [-0.3, -0.25) is 15.0 Å². The number of aromatic nitrogens is 3. The minimum atomic E-state index is -0.172. The molecule has 2 N–H and O–H groups in total. The van der Waals surface area contributed by atoms with Crippen molar-refractivity contribution in [1.29, 1.82) is 0 Å². The zero-order valence-corrected chi connectivity index (χ0v) is 15.2. The molecule has 134 valence electrons. The number of halogens is 1. The van der Waals surface area contributed by atoms with E-state index in [0.717, 1.165) is 60.6 Å². The topological polar surface area (TPSA) is 65.0 Å². The zero-order chi connectivity index (χ0) is 17.9. The summed E-state index contributed by atoms with van der Waals surface area (Å²) in [4.78, 5) is 6.48. The van der Waals surface area contributed by atoms with Gasteiger partial charge in [-0.1, -0.05) is 23.7 Å². The summed E-state index contributed by atoms with van der Waals surface area (Å²) in [6.45, 7) is 2.54. The Labute approximate surface area is 157 Å². The van der Waals surface area contributed by atoms with Gasteiger partial charge in [0.05, 0.1) is 17.5 Å². The van der Waals surface area contributed by atoms with Crippen LogP contribution >= 0.6 is 11.6 Å². The summed E-state index contributed by atoms with van der Waals surface area (Å²) < 4.78 is 0. The van der Waals surface area contributed by atoms with Crippen LogP contribution in [0.4, 0.5) is 0 Å². The Hall–Kier alpha value is -2.21. The number of hydrogen-bond acceptors (Lipinski definition) is 4. The van der Waals surface area contributed by atoms with E-state index in [4.69, 9.17) is 11.6 Å². The van der Waals surface area contributed by atoms with E-state index in [1.807, 2.05) is 36.4 Å². The number of nitrogens with zero attached hydrogens (tertiary/aromatic N) is 3. The molecule has 3 aromatic rings. The first-order valence-corrected chi connectivity index (χ1v) is 9.22. The van der Waals surface area contributed by atoms with Crippen molar-refractivity contribution in [3.8, 4) is 22.4 Å². The van der Waals surface area contributed by atoms with Crippen molar-refractivity contribution in [3.05, 3.63) is 59.5 Å². The highest BCUT2D eigenvalue weighted by atomic mass is 35.5. The van der Waals surface area contributed by atoms with Gasteiger partial charge in [-0.2, -0.15) is 5.10 Å². The molecule has 3 heterocycles. The summed E-state index contributed by atoms with van der Waals surface area (Å²) in [5.41, 5.74) is 5.23. The molecule has 0 amide bonds. The lowest BCUT2D eigenvalue weighted by Crippen LogP contribution is -2.35. The van der Waals surface area contributed by atoms with E-state index in [0.29, 0.717) is 5.02 Å². The monoisotopic (exact) mass is 368 g/mol. The van der Waals surface area contributed by atoms with Crippen molar-refractivity contribution in [2.24, 2.45) is 0 Å². The van der Waals surface area contributed by atoms with E-state index in [1.54, 1.807) is 12.4 Å². The lowest BCUT2D eigenvalue weighted by atomic mass is 9.99. The predicted molar refractivity (Wildman–Crippen MR) is 103 cm³/mol. The highest BCUT2D eigenvalue weighted by molar-refractivity contribution is 6.30. The van der Waals surface area contributed by atoms with E-state index in [2.05, 4.69) is 20.1 Å². The Morgan fingerprint density at radius 3 is 2.42 bits per heavy atom. The van der Waals surface area contributed by atoms with E-state index in [1.165, 1.54) is 0 Å². The largest absolute Gasteiger partial charge is 0.393 e. The van der Waals surface area contributed by atoms with Crippen molar-refractivity contribution in [1.82, 2.24) is 20.1 Å². The van der Waals surface area contributed by atoms with Gasteiger partial charge >= 0.3 is 0 Å². The van der Waals surface area contributed by atoms with Crippen molar-refractivity contribution in [3.63, 3.8) is 0 Å². The van der Waals surface area contributed by atoms with Crippen LogP contribution in [0.15, 0.2) is 48.8 Å². The van der Waals surface area contributed by atoms with E-state index in [-0.39, 0.29) is 6.10 Å². The molecule has 0 saturated carbocycles. The van der Waals surface area contributed by atoms with Crippen LogP contribution in [-0.2, 0) is 6.54 Å². The summed E-state index contributed by atoms with van der Waals surface area (Å²) in [6.07, 6.45) is 5.07. The Bertz CT molecular complexity index is 855. The molecule has 1 aliphatic rings. The van der Waals surface area contributed by atoms with Gasteiger partial charge in [-0.25, -0.2) is 0 Å². The number of benzene rings is 1. The maximum Gasteiger partial charge on any atom is 0.0847 e. The Morgan fingerprint density at radius 2 is 1.73 bits per heavy atom. The minimum absolute atomic E-state index is 0.172. The number of aliphatic hydroxyl groups is 1. The summed E-state index contributed by atoms with van der Waals surface area (Å²) >= 11 is 6.04. The second-order valence-corrected chi connectivity index (χ2v) is 7.11. The summed E-state index contributed by atoms with van der Waals surface area (Å²) in [6, 6.07) is 11.8. The summed E-state index contributed by atoms with van der Waals surface area (Å²) in [5.74, 6) is 0. The van der Waals surface area contributed by atoms with Gasteiger partial charge in [0.1, 0.15) is 0 Å². The second-order valence-electron chi connectivity index (χ2n) is 6.67. The van der Waals surface area contributed by atoms with E-state index >= 15 is 0 Å². The molecule has 1 aliphatic heterocycles. The maximum atomic E-state index is 9.73. The van der Waals surface area contributed by atoms with Crippen LogP contribution in [0.5, 0.6) is 0 Å². The number of likely N-dealkylation sites (tertiary alicyclic amines) is 1. The minimum Gasteiger partial charge on any atom is -0.393 e. The Balaban J connectivity index is 1.71. The Kier molecular flexibility index (Phi) is 5.02. The van der Waals surface area contributed by atoms with Crippen LogP contribution in [0.1, 0.15) is 18.5 Å². The van der Waals surface area contributed by atoms with Crippen molar-refractivity contribution in [2.75, 3.05) is 13.1 Å². The molecule has 0 aliphatic carbocycles. The maximum absolute atomic E-state index is 9.73. The lowest BCUT2D eigenvalue weighted by molar-refractivity contribution is 0.0787. The van der Waals surface area contributed by atoms with Gasteiger partial charge in [0.15, 0.2) is 0 Å². The fourth-order valence-corrected chi connectivity index (χ4v) is 3.56. The number of pyridine rings is 1. The molecule has 1 aromatic carbocycles. The van der Waals surface area contributed by atoms with Crippen molar-refractivity contribution in [2.45, 2.75) is 25.5 Å². The highest BCUT2D eigenvalue weighted by Gasteiger charge is 2.22. The fourth-order valence-electron chi connectivity index (χ4n) is 3.44. The number of aromatic amines is 1. The normalized spacial score (nSPS) is 16.1. The first-order chi connectivity index (χ1) is 12.7. The van der Waals surface area contributed by atoms with Crippen LogP contribution in [0.3, 0.4) is 0 Å². The van der Waals surface area contributed by atoms with Gasteiger partial charge in [0.2, 0.25) is 0 Å². The van der Waals surface area contributed by atoms with E-state index in [9.17, 15) is 5.11 Å². The molecule has 0 unspecified atom stereocenters. The van der Waals surface area contributed by atoms with Crippen molar-refractivity contribution < 1.29 is 5.11 Å². The molecule has 2 aromatic heterocycles. The first-order valence-electron chi connectivity index (χ1n) is 8.84. The number of nitrogens with one attached hydrogen (secondary N) is 1. The molecule has 4 rings (SSSR count). The molecule has 0 radical (unpaired) electrons.